The summed E-state index contributed by atoms with van der Waals surface area (Å²) in [5, 5.41) is 0. The van der Waals surface area contributed by atoms with Crippen LogP contribution in [-0.4, -0.2) is 40.1 Å². The molecule has 100 valence electrons. The monoisotopic (exact) mass is 273 g/mol. The van der Waals surface area contributed by atoms with Crippen LogP contribution in [-0.2, 0) is 14.6 Å². The third-order valence-electron chi connectivity index (χ3n) is 2.12. The lowest BCUT2D eigenvalue weighted by Gasteiger charge is -2.10. The van der Waals surface area contributed by atoms with Crippen molar-refractivity contribution in [2.24, 2.45) is 0 Å². The molecule has 0 aliphatic heterocycles. The zero-order valence-electron chi connectivity index (χ0n) is 10.2. The van der Waals surface area contributed by atoms with Crippen LogP contribution in [0, 0.1) is 0 Å². The number of hydrogen-bond donors (Lipinski definition) is 1. The van der Waals surface area contributed by atoms with Gasteiger partial charge in [-0.1, -0.05) is 0 Å². The van der Waals surface area contributed by atoms with E-state index in [1.165, 1.54) is 19.2 Å². The first-order chi connectivity index (χ1) is 8.33. The fourth-order valence-electron chi connectivity index (χ4n) is 1.25. The van der Waals surface area contributed by atoms with Gasteiger partial charge >= 0.3 is 5.97 Å². The predicted molar refractivity (Wildman–Crippen MR) is 67.4 cm³/mol. The summed E-state index contributed by atoms with van der Waals surface area (Å²) in [5.41, 5.74) is 6.13. The summed E-state index contributed by atoms with van der Waals surface area (Å²) in [7, 11) is -1.87. The summed E-state index contributed by atoms with van der Waals surface area (Å²) in [4.78, 5) is 11.5. The van der Waals surface area contributed by atoms with Crippen molar-refractivity contribution >= 4 is 21.5 Å². The first-order valence-corrected chi connectivity index (χ1v) is 7.18. The van der Waals surface area contributed by atoms with Gasteiger partial charge in [0.05, 0.1) is 12.9 Å². The highest BCUT2D eigenvalue weighted by atomic mass is 32.2. The molecule has 0 amide bonds. The molecule has 1 rings (SSSR count). The van der Waals surface area contributed by atoms with Crippen LogP contribution in [0.3, 0.4) is 0 Å². The molecule has 0 aliphatic rings. The Bertz CT molecular complexity index is 538. The number of nitrogens with two attached hydrogens (primary N) is 1. The molecule has 2 N–H and O–H groups in total. The van der Waals surface area contributed by atoms with Gasteiger partial charge in [0, 0.05) is 11.9 Å². The summed E-state index contributed by atoms with van der Waals surface area (Å²) >= 11 is 0. The van der Waals surface area contributed by atoms with Crippen LogP contribution in [0.15, 0.2) is 18.2 Å². The minimum atomic E-state index is -3.11. The maximum absolute atomic E-state index is 11.5. The highest BCUT2D eigenvalue weighted by Crippen LogP contribution is 2.22. The Balaban J connectivity index is 2.85. The SMILES string of the molecule is COC(=O)c1cc(N)ccc1OCCS(C)(=O)=O. The molecule has 6 nitrogen and oxygen atoms in total. The van der Waals surface area contributed by atoms with Crippen LogP contribution in [0.2, 0.25) is 0 Å². The minimum Gasteiger partial charge on any atom is -0.492 e. The number of carbonyl (C=O) groups excluding carboxylic acids is 1. The molecular formula is C11H15NO5S. The number of methoxy groups -OCH3 is 1. The highest BCUT2D eigenvalue weighted by Gasteiger charge is 2.14. The second kappa shape index (κ2) is 5.72. The number of anilines is 1. The zero-order valence-corrected chi connectivity index (χ0v) is 11.0. The van der Waals surface area contributed by atoms with Crippen LogP contribution in [0.5, 0.6) is 5.75 Å². The van der Waals surface area contributed by atoms with Crippen molar-refractivity contribution in [2.45, 2.75) is 0 Å². The smallest absolute Gasteiger partial charge is 0.341 e. The van der Waals surface area contributed by atoms with E-state index < -0.39 is 15.8 Å². The Morgan fingerprint density at radius 1 is 1.39 bits per heavy atom. The van der Waals surface area contributed by atoms with Crippen LogP contribution in [0.4, 0.5) is 5.69 Å². The van der Waals surface area contributed by atoms with E-state index >= 15 is 0 Å². The number of carbonyl (C=O) groups is 1. The molecular weight excluding hydrogens is 258 g/mol. The number of sulfone groups is 1. The van der Waals surface area contributed by atoms with Crippen molar-refractivity contribution in [3.8, 4) is 5.75 Å². The third kappa shape index (κ3) is 4.25. The van der Waals surface area contributed by atoms with Crippen LogP contribution in [0.1, 0.15) is 10.4 Å². The average Bonchev–Trinajstić information content (AvgIpc) is 2.28. The van der Waals surface area contributed by atoms with Crippen molar-refractivity contribution in [1.29, 1.82) is 0 Å². The Labute approximate surface area is 106 Å². The molecule has 0 fully saturated rings. The summed E-state index contributed by atoms with van der Waals surface area (Å²) in [6.07, 6.45) is 1.11. The first kappa shape index (κ1) is 14.3. The standard InChI is InChI=1S/C11H15NO5S/c1-16-11(13)9-7-8(12)3-4-10(9)17-5-6-18(2,14)15/h3-4,7H,5-6,12H2,1-2H3. The van der Waals surface area contributed by atoms with Gasteiger partial charge in [0.25, 0.3) is 0 Å². The zero-order chi connectivity index (χ0) is 13.8. The van der Waals surface area contributed by atoms with Gasteiger partial charge in [-0.15, -0.1) is 0 Å². The summed E-state index contributed by atoms with van der Waals surface area (Å²) < 4.78 is 31.8. The topological polar surface area (TPSA) is 95.7 Å². The maximum atomic E-state index is 11.5. The molecule has 0 aliphatic carbocycles. The molecule has 1 aromatic carbocycles. The van der Waals surface area contributed by atoms with E-state index in [2.05, 4.69) is 4.74 Å². The van der Waals surface area contributed by atoms with Crippen molar-refractivity contribution < 1.29 is 22.7 Å². The van der Waals surface area contributed by atoms with Crippen LogP contribution >= 0.6 is 0 Å². The lowest BCUT2D eigenvalue weighted by atomic mass is 10.2. The molecule has 0 unspecified atom stereocenters. The Morgan fingerprint density at radius 3 is 2.61 bits per heavy atom. The lowest BCUT2D eigenvalue weighted by Crippen LogP contribution is -2.14. The number of hydrogen-bond acceptors (Lipinski definition) is 6. The first-order valence-electron chi connectivity index (χ1n) is 5.12. The molecule has 0 radical (unpaired) electrons. The molecule has 0 saturated heterocycles. The van der Waals surface area contributed by atoms with Crippen LogP contribution in [0.25, 0.3) is 0 Å². The molecule has 18 heavy (non-hydrogen) atoms. The van der Waals surface area contributed by atoms with Crippen molar-refractivity contribution in [3.05, 3.63) is 23.8 Å². The van der Waals surface area contributed by atoms with Crippen molar-refractivity contribution in [2.75, 3.05) is 31.5 Å². The average molecular weight is 273 g/mol. The second-order valence-corrected chi connectivity index (χ2v) is 5.99. The van der Waals surface area contributed by atoms with Gasteiger partial charge < -0.3 is 15.2 Å². The molecule has 0 spiro atoms. The third-order valence-corrected chi connectivity index (χ3v) is 3.03. The number of ether oxygens (including phenoxy) is 2. The number of rotatable bonds is 5. The quantitative estimate of drug-likeness (QED) is 0.619. The maximum Gasteiger partial charge on any atom is 0.341 e. The van der Waals surface area contributed by atoms with E-state index in [1.54, 1.807) is 6.07 Å². The van der Waals surface area contributed by atoms with E-state index in [9.17, 15) is 13.2 Å². The largest absolute Gasteiger partial charge is 0.492 e. The molecule has 0 saturated carbocycles. The summed E-state index contributed by atoms with van der Waals surface area (Å²) in [6, 6.07) is 4.48. The summed E-state index contributed by atoms with van der Waals surface area (Å²) in [6.45, 7) is -0.0350. The lowest BCUT2D eigenvalue weighted by molar-refractivity contribution is 0.0596. The Kier molecular flexibility index (Phi) is 4.55. The van der Waals surface area contributed by atoms with E-state index in [4.69, 9.17) is 10.5 Å². The predicted octanol–water partition coefficient (Wildman–Crippen LogP) is 0.479. The molecule has 0 atom stereocenters. The van der Waals surface area contributed by atoms with Gasteiger partial charge in [0.1, 0.15) is 17.9 Å². The van der Waals surface area contributed by atoms with Gasteiger partial charge in [-0.2, -0.15) is 0 Å². The van der Waals surface area contributed by atoms with Gasteiger partial charge in [-0.05, 0) is 18.2 Å². The second-order valence-electron chi connectivity index (χ2n) is 3.73. The number of benzene rings is 1. The van der Waals surface area contributed by atoms with Gasteiger partial charge in [0.2, 0.25) is 0 Å². The highest BCUT2D eigenvalue weighted by molar-refractivity contribution is 7.90. The molecule has 0 aromatic heterocycles. The number of esters is 1. The van der Waals surface area contributed by atoms with Gasteiger partial charge in [-0.3, -0.25) is 0 Å². The van der Waals surface area contributed by atoms with Gasteiger partial charge in [0.15, 0.2) is 9.84 Å². The van der Waals surface area contributed by atoms with E-state index in [0.717, 1.165) is 6.26 Å². The van der Waals surface area contributed by atoms with Gasteiger partial charge in [-0.25, -0.2) is 13.2 Å². The van der Waals surface area contributed by atoms with Crippen molar-refractivity contribution in [1.82, 2.24) is 0 Å². The molecule has 7 heteroatoms. The van der Waals surface area contributed by atoms with E-state index in [1.807, 2.05) is 0 Å². The van der Waals surface area contributed by atoms with E-state index in [-0.39, 0.29) is 23.7 Å². The number of nitrogen functional groups attached to an aromatic ring is 1. The van der Waals surface area contributed by atoms with E-state index in [0.29, 0.717) is 5.69 Å². The minimum absolute atomic E-state index is 0.0350. The fourth-order valence-corrected chi connectivity index (χ4v) is 1.63. The van der Waals surface area contributed by atoms with Crippen molar-refractivity contribution in [3.63, 3.8) is 0 Å². The Morgan fingerprint density at radius 2 is 2.06 bits per heavy atom. The molecule has 1 aromatic rings. The fraction of sp³-hybridized carbons (Fsp3) is 0.364. The Hall–Kier alpha value is -1.76. The normalized spacial score (nSPS) is 11.0. The molecule has 0 heterocycles. The molecule has 0 bridgehead atoms. The summed E-state index contributed by atoms with van der Waals surface area (Å²) in [5.74, 6) is -0.464. The van der Waals surface area contributed by atoms with Crippen LogP contribution < -0.4 is 10.5 Å².